The Labute approximate surface area is 98.7 Å². The molecule has 0 unspecified atom stereocenters. The molecule has 0 fully saturated rings. The van der Waals surface area contributed by atoms with Gasteiger partial charge in [-0.05, 0) is 26.0 Å². The van der Waals surface area contributed by atoms with Crippen molar-refractivity contribution in [3.05, 3.63) is 40.1 Å². The van der Waals surface area contributed by atoms with Crippen LogP contribution < -0.4 is 0 Å². The molecule has 2 rings (SSSR count). The summed E-state index contributed by atoms with van der Waals surface area (Å²) < 4.78 is 5.59. The summed E-state index contributed by atoms with van der Waals surface area (Å²) in [6.07, 6.45) is 1.82. The lowest BCUT2D eigenvalue weighted by molar-refractivity contribution is 0.577. The first-order valence-corrected chi connectivity index (χ1v) is 5.27. The molecule has 1 heterocycles. The Balaban J connectivity index is 2.76. The molecule has 16 heavy (non-hydrogen) atoms. The van der Waals surface area contributed by atoms with E-state index in [4.69, 9.17) is 21.3 Å². The summed E-state index contributed by atoms with van der Waals surface area (Å²) in [5.74, 6) is 0.776. The SMILES string of the molecule is C/C(C#N)=C\c1c(C)oc2c(Cl)cccc12. The average molecular weight is 232 g/mol. The van der Waals surface area contributed by atoms with Gasteiger partial charge in [-0.15, -0.1) is 0 Å². The molecule has 3 heteroatoms. The highest BCUT2D eigenvalue weighted by molar-refractivity contribution is 6.35. The second-order valence-electron chi connectivity index (χ2n) is 3.63. The van der Waals surface area contributed by atoms with Crippen molar-refractivity contribution in [3.8, 4) is 6.07 Å². The van der Waals surface area contributed by atoms with Gasteiger partial charge in [0.1, 0.15) is 5.76 Å². The maximum Gasteiger partial charge on any atom is 0.153 e. The van der Waals surface area contributed by atoms with Crippen molar-refractivity contribution in [1.82, 2.24) is 0 Å². The summed E-state index contributed by atoms with van der Waals surface area (Å²) in [6.45, 7) is 3.63. The van der Waals surface area contributed by atoms with Gasteiger partial charge in [-0.25, -0.2) is 0 Å². The Morgan fingerprint density at radius 1 is 1.50 bits per heavy atom. The first-order valence-electron chi connectivity index (χ1n) is 4.89. The van der Waals surface area contributed by atoms with Crippen molar-refractivity contribution in [2.24, 2.45) is 0 Å². The molecular formula is C13H10ClNO. The van der Waals surface area contributed by atoms with Crippen LogP contribution in [0.3, 0.4) is 0 Å². The zero-order valence-corrected chi connectivity index (χ0v) is 9.80. The minimum atomic E-state index is 0.592. The number of hydrogen-bond donors (Lipinski definition) is 0. The number of fused-ring (bicyclic) bond motifs is 1. The number of halogens is 1. The predicted molar refractivity (Wildman–Crippen MR) is 65.2 cm³/mol. The quantitative estimate of drug-likeness (QED) is 0.686. The molecule has 0 N–H and O–H groups in total. The number of para-hydroxylation sites is 1. The van der Waals surface area contributed by atoms with Crippen LogP contribution in [0.4, 0.5) is 0 Å². The van der Waals surface area contributed by atoms with Crippen molar-refractivity contribution in [2.75, 3.05) is 0 Å². The summed E-state index contributed by atoms with van der Waals surface area (Å²) in [5.41, 5.74) is 2.25. The first kappa shape index (κ1) is 10.8. The zero-order chi connectivity index (χ0) is 11.7. The number of hydrogen-bond acceptors (Lipinski definition) is 2. The number of nitriles is 1. The lowest BCUT2D eigenvalue weighted by Gasteiger charge is -1.92. The summed E-state index contributed by atoms with van der Waals surface area (Å²) >= 11 is 6.03. The van der Waals surface area contributed by atoms with E-state index in [1.807, 2.05) is 25.1 Å². The maximum absolute atomic E-state index is 8.78. The van der Waals surface area contributed by atoms with Gasteiger partial charge >= 0.3 is 0 Å². The Morgan fingerprint density at radius 3 is 2.94 bits per heavy atom. The number of allylic oxidation sites excluding steroid dienone is 1. The van der Waals surface area contributed by atoms with E-state index in [0.717, 1.165) is 16.7 Å². The fourth-order valence-corrected chi connectivity index (χ4v) is 1.86. The topological polar surface area (TPSA) is 36.9 Å². The van der Waals surface area contributed by atoms with E-state index in [1.54, 1.807) is 13.0 Å². The molecule has 2 nitrogen and oxygen atoms in total. The van der Waals surface area contributed by atoms with Crippen LogP contribution >= 0.6 is 11.6 Å². The monoisotopic (exact) mass is 231 g/mol. The van der Waals surface area contributed by atoms with Crippen molar-refractivity contribution in [3.63, 3.8) is 0 Å². The van der Waals surface area contributed by atoms with Crippen molar-refractivity contribution in [2.45, 2.75) is 13.8 Å². The van der Waals surface area contributed by atoms with Gasteiger partial charge in [0, 0.05) is 16.5 Å². The third-order valence-electron chi connectivity index (χ3n) is 2.43. The summed E-state index contributed by atoms with van der Waals surface area (Å²) in [6, 6.07) is 7.70. The zero-order valence-electron chi connectivity index (χ0n) is 9.04. The Hall–Kier alpha value is -1.72. The van der Waals surface area contributed by atoms with Gasteiger partial charge in [0.25, 0.3) is 0 Å². The second-order valence-corrected chi connectivity index (χ2v) is 4.03. The number of nitrogens with zero attached hydrogens (tertiary/aromatic N) is 1. The lowest BCUT2D eigenvalue weighted by atomic mass is 10.1. The third kappa shape index (κ3) is 1.70. The van der Waals surface area contributed by atoms with E-state index >= 15 is 0 Å². The van der Waals surface area contributed by atoms with E-state index < -0.39 is 0 Å². The van der Waals surface area contributed by atoms with Gasteiger partial charge in [0.2, 0.25) is 0 Å². The molecule has 80 valence electrons. The number of benzene rings is 1. The molecule has 0 aliphatic rings. The van der Waals surface area contributed by atoms with Gasteiger partial charge in [-0.3, -0.25) is 0 Å². The predicted octanol–water partition coefficient (Wildman–Crippen LogP) is 4.32. The molecule has 0 amide bonds. The van der Waals surface area contributed by atoms with E-state index in [-0.39, 0.29) is 0 Å². The van der Waals surface area contributed by atoms with Gasteiger partial charge < -0.3 is 4.42 Å². The van der Waals surface area contributed by atoms with Crippen LogP contribution in [0, 0.1) is 18.3 Å². The van der Waals surface area contributed by atoms with Gasteiger partial charge in [0.15, 0.2) is 5.58 Å². The van der Waals surface area contributed by atoms with E-state index in [2.05, 4.69) is 6.07 Å². The minimum absolute atomic E-state index is 0.592. The van der Waals surface area contributed by atoms with E-state index in [1.165, 1.54) is 0 Å². The van der Waals surface area contributed by atoms with Crippen molar-refractivity contribution < 1.29 is 4.42 Å². The molecule has 0 spiro atoms. The highest BCUT2D eigenvalue weighted by Gasteiger charge is 2.11. The Morgan fingerprint density at radius 2 is 2.25 bits per heavy atom. The molecule has 0 aliphatic carbocycles. The van der Waals surface area contributed by atoms with Gasteiger partial charge in [-0.2, -0.15) is 5.26 Å². The summed E-state index contributed by atoms with van der Waals surface area (Å²) in [5, 5.41) is 10.3. The van der Waals surface area contributed by atoms with E-state index in [9.17, 15) is 0 Å². The van der Waals surface area contributed by atoms with Gasteiger partial charge in [0.05, 0.1) is 11.1 Å². The molecule has 0 bridgehead atoms. The maximum atomic E-state index is 8.78. The van der Waals surface area contributed by atoms with Crippen molar-refractivity contribution >= 4 is 28.6 Å². The molecule has 2 aromatic rings. The second kappa shape index (κ2) is 4.03. The third-order valence-corrected chi connectivity index (χ3v) is 2.73. The Kier molecular flexibility index (Phi) is 2.72. The lowest BCUT2D eigenvalue weighted by Crippen LogP contribution is -1.75. The van der Waals surface area contributed by atoms with Crippen LogP contribution in [-0.4, -0.2) is 0 Å². The van der Waals surface area contributed by atoms with Crippen LogP contribution in [-0.2, 0) is 0 Å². The fraction of sp³-hybridized carbons (Fsp3) is 0.154. The highest BCUT2D eigenvalue weighted by Crippen LogP contribution is 2.32. The average Bonchev–Trinajstić information content (AvgIpc) is 2.58. The van der Waals surface area contributed by atoms with E-state index in [0.29, 0.717) is 16.2 Å². The molecule has 0 aliphatic heterocycles. The van der Waals surface area contributed by atoms with Crippen LogP contribution in [0.1, 0.15) is 18.2 Å². The standard InChI is InChI=1S/C13H10ClNO/c1-8(7-15)6-11-9(2)16-13-10(11)4-3-5-12(13)14/h3-6H,1-2H3/b8-6+. The van der Waals surface area contributed by atoms with Crippen LogP contribution in [0.5, 0.6) is 0 Å². The van der Waals surface area contributed by atoms with Crippen LogP contribution in [0.25, 0.3) is 17.0 Å². The summed E-state index contributed by atoms with van der Waals surface area (Å²) in [7, 11) is 0. The van der Waals surface area contributed by atoms with Crippen LogP contribution in [0.15, 0.2) is 28.2 Å². The molecular weight excluding hydrogens is 222 g/mol. The number of furan rings is 1. The van der Waals surface area contributed by atoms with Crippen molar-refractivity contribution in [1.29, 1.82) is 5.26 Å². The molecule has 1 aromatic heterocycles. The smallest absolute Gasteiger partial charge is 0.153 e. The largest absolute Gasteiger partial charge is 0.459 e. The molecule has 0 saturated carbocycles. The number of rotatable bonds is 1. The first-order chi connectivity index (χ1) is 7.63. The Bertz CT molecular complexity index is 617. The highest BCUT2D eigenvalue weighted by atomic mass is 35.5. The molecule has 0 radical (unpaired) electrons. The summed E-state index contributed by atoms with van der Waals surface area (Å²) in [4.78, 5) is 0. The normalized spacial score (nSPS) is 11.8. The fourth-order valence-electron chi connectivity index (χ4n) is 1.65. The number of aryl methyl sites for hydroxylation is 1. The van der Waals surface area contributed by atoms with Crippen LogP contribution in [0.2, 0.25) is 5.02 Å². The molecule has 1 aromatic carbocycles. The molecule has 0 atom stereocenters. The molecule has 0 saturated heterocycles. The minimum Gasteiger partial charge on any atom is -0.459 e. The van der Waals surface area contributed by atoms with Gasteiger partial charge in [-0.1, -0.05) is 23.7 Å².